The summed E-state index contributed by atoms with van der Waals surface area (Å²) >= 11 is 0. The van der Waals surface area contributed by atoms with Crippen molar-refractivity contribution < 1.29 is 30.5 Å². The molecule has 0 bridgehead atoms. The second kappa shape index (κ2) is 9.44. The number of benzene rings is 8. The molecule has 0 aliphatic rings. The first-order valence-electron chi connectivity index (χ1n) is 22.7. The van der Waals surface area contributed by atoms with Crippen molar-refractivity contribution in [2.45, 2.75) is 0 Å². The molecule has 1 aromatic heterocycles. The van der Waals surface area contributed by atoms with E-state index in [1.807, 2.05) is 6.07 Å². The fraction of sp³-hybridized carbons (Fsp3) is 0. The first kappa shape index (κ1) is 11.9. The van der Waals surface area contributed by atoms with Crippen LogP contribution < -0.4 is 0 Å². The fourth-order valence-electron chi connectivity index (χ4n) is 5.53. The maximum absolute atomic E-state index is 9.72. The quantitative estimate of drug-likeness (QED) is 0.194. The van der Waals surface area contributed by atoms with E-state index in [-0.39, 0.29) is 11.1 Å². The summed E-state index contributed by atoms with van der Waals surface area (Å²) < 4.78 is 177. The number of rotatable bonds is 3. The molecule has 0 aliphatic carbocycles. The highest BCUT2D eigenvalue weighted by Gasteiger charge is 2.17. The van der Waals surface area contributed by atoms with Gasteiger partial charge in [0.05, 0.1) is 26.0 Å². The summed E-state index contributed by atoms with van der Waals surface area (Å²) in [7, 11) is 0. The van der Waals surface area contributed by atoms with E-state index in [2.05, 4.69) is 0 Å². The van der Waals surface area contributed by atoms with Gasteiger partial charge in [-0.05, 0) is 96.0 Å². The van der Waals surface area contributed by atoms with Crippen molar-refractivity contribution in [3.8, 4) is 33.4 Å². The van der Waals surface area contributed by atoms with Crippen LogP contribution in [0.4, 0.5) is 0 Å². The summed E-state index contributed by atoms with van der Waals surface area (Å²) in [5.74, 6) is 0. The normalized spacial score (nSPS) is 17.9. The van der Waals surface area contributed by atoms with E-state index in [1.165, 1.54) is 0 Å². The summed E-state index contributed by atoms with van der Waals surface area (Å²) in [6.45, 7) is 0. The maximum atomic E-state index is 9.72. The van der Waals surface area contributed by atoms with Crippen molar-refractivity contribution in [1.29, 1.82) is 0 Å². The van der Waals surface area contributed by atoms with Crippen molar-refractivity contribution >= 4 is 54.3 Å². The van der Waals surface area contributed by atoms with Crippen LogP contribution in [0, 0.1) is 0 Å². The van der Waals surface area contributed by atoms with Gasteiger partial charge in [0, 0.05) is 10.8 Å². The molecule has 0 N–H and O–H groups in total. The highest BCUT2D eigenvalue weighted by atomic mass is 16.3. The first-order chi connectivity index (χ1) is 29.2. The zero-order chi connectivity index (χ0) is 44.9. The SMILES string of the molecule is [2H]c1c([2H])c(-c2ccc3oc4ccccc4c3c2)c([2H])c(-c2c3c([2H])c([2H])c([2H])c([2H])c3c(-c3c([2H])c([2H])c4c([2H])c([2H])c([2H])c([2H])c4c3[2H])c3c([2H])c([2H])c([2H])c([2H])c23)c1[2H]. The molecule has 0 atom stereocenters. The summed E-state index contributed by atoms with van der Waals surface area (Å²) in [5, 5.41) is -1.91. The van der Waals surface area contributed by atoms with Crippen molar-refractivity contribution in [2.75, 3.05) is 0 Å². The maximum Gasteiger partial charge on any atom is 0.135 e. The van der Waals surface area contributed by atoms with Gasteiger partial charge in [0.15, 0.2) is 0 Å². The Balaban J connectivity index is 1.56. The van der Waals surface area contributed by atoms with Gasteiger partial charge in [-0.25, -0.2) is 0 Å². The molecule has 200 valence electrons. The average molecular weight is 566 g/mol. The van der Waals surface area contributed by atoms with Crippen LogP contribution in [0.1, 0.15) is 26.0 Å². The van der Waals surface area contributed by atoms with Gasteiger partial charge in [-0.3, -0.25) is 0 Å². The van der Waals surface area contributed by atoms with E-state index in [9.17, 15) is 11.0 Å². The highest BCUT2D eigenvalue weighted by Crippen LogP contribution is 2.44. The summed E-state index contributed by atoms with van der Waals surface area (Å²) in [4.78, 5) is 0. The van der Waals surface area contributed by atoms with Crippen LogP contribution in [-0.2, 0) is 0 Å². The van der Waals surface area contributed by atoms with Crippen molar-refractivity contribution in [3.63, 3.8) is 0 Å². The molecule has 9 rings (SSSR count). The summed E-state index contributed by atoms with van der Waals surface area (Å²) in [5.41, 5.74) is -1.17. The molecule has 9 aromatic rings. The van der Waals surface area contributed by atoms with Gasteiger partial charge >= 0.3 is 0 Å². The Kier molecular flexibility index (Phi) is 2.61. The van der Waals surface area contributed by atoms with Gasteiger partial charge in [0.1, 0.15) is 11.2 Å². The summed E-state index contributed by atoms with van der Waals surface area (Å²) in [6, 6.07) is -2.96. The number of furan rings is 1. The third-order valence-corrected chi connectivity index (χ3v) is 7.42. The van der Waals surface area contributed by atoms with Crippen LogP contribution in [0.3, 0.4) is 0 Å². The van der Waals surface area contributed by atoms with E-state index in [4.69, 9.17) is 19.5 Å². The van der Waals surface area contributed by atoms with Crippen LogP contribution in [0.2, 0.25) is 0 Å². The van der Waals surface area contributed by atoms with Gasteiger partial charge in [0.2, 0.25) is 0 Å². The lowest BCUT2D eigenvalue weighted by Crippen LogP contribution is -1.91. The van der Waals surface area contributed by atoms with Gasteiger partial charge in [-0.15, -0.1) is 0 Å². The zero-order valence-corrected chi connectivity index (χ0v) is 21.9. The van der Waals surface area contributed by atoms with Gasteiger partial charge in [-0.1, -0.05) is 127 Å². The minimum Gasteiger partial charge on any atom is -0.456 e. The molecule has 1 heteroatoms. The molecule has 0 saturated carbocycles. The molecule has 0 saturated heterocycles. The molecule has 0 radical (unpaired) electrons. The Hall–Kier alpha value is -5.66. The predicted molar refractivity (Wildman–Crippen MR) is 183 cm³/mol. The van der Waals surface area contributed by atoms with E-state index < -0.39 is 169 Å². The van der Waals surface area contributed by atoms with Gasteiger partial charge in [-0.2, -0.15) is 0 Å². The van der Waals surface area contributed by atoms with Crippen LogP contribution >= 0.6 is 0 Å². The third-order valence-electron chi connectivity index (χ3n) is 7.42. The molecule has 1 heterocycles. The lowest BCUT2D eigenvalue weighted by atomic mass is 9.85. The predicted octanol–water partition coefficient (Wildman–Crippen LogP) is 12.0. The standard InChI is InChI=1S/C42H26O/c1-2-11-28-24-32(21-20-27(28)10-1)42-36-17-5-3-15-34(36)41(35-16-4-6-18-37(35)42)31-13-9-12-29(25-31)30-22-23-40-38(26-30)33-14-7-8-19-39(33)43-40/h1-26H/i1D,2D,3D,4D,5D,6D,9D,10D,11D,12D,13D,15D,16D,17D,18D,20D,21D,24D,25D. The molecule has 8 aromatic carbocycles. The topological polar surface area (TPSA) is 13.1 Å². The largest absolute Gasteiger partial charge is 0.456 e. The minimum absolute atomic E-state index is 0.190. The molecule has 0 fully saturated rings. The van der Waals surface area contributed by atoms with Gasteiger partial charge in [0.25, 0.3) is 0 Å². The van der Waals surface area contributed by atoms with Crippen LogP contribution in [0.15, 0.2) is 162 Å². The van der Waals surface area contributed by atoms with Crippen molar-refractivity contribution in [3.05, 3.63) is 157 Å². The number of fused-ring (bicyclic) bond motifs is 6. The number of para-hydroxylation sites is 1. The Labute approximate surface area is 275 Å². The lowest BCUT2D eigenvalue weighted by Gasteiger charge is -2.18. The fourth-order valence-corrected chi connectivity index (χ4v) is 5.53. The molecule has 0 spiro atoms. The van der Waals surface area contributed by atoms with Crippen molar-refractivity contribution in [2.24, 2.45) is 0 Å². The second-order valence-electron chi connectivity index (χ2n) is 9.81. The first-order valence-corrected chi connectivity index (χ1v) is 13.2. The average Bonchev–Trinajstić information content (AvgIpc) is 3.63. The Morgan fingerprint density at radius 1 is 0.395 bits per heavy atom. The number of hydrogen-bond acceptors (Lipinski definition) is 1. The molecule has 43 heavy (non-hydrogen) atoms. The molecule has 1 nitrogen and oxygen atoms in total. The van der Waals surface area contributed by atoms with Crippen LogP contribution in [-0.4, -0.2) is 0 Å². The summed E-state index contributed by atoms with van der Waals surface area (Å²) in [6.07, 6.45) is 0. The van der Waals surface area contributed by atoms with E-state index in [1.54, 1.807) is 36.4 Å². The highest BCUT2D eigenvalue weighted by molar-refractivity contribution is 6.22. The van der Waals surface area contributed by atoms with E-state index in [0.29, 0.717) is 21.9 Å². The van der Waals surface area contributed by atoms with E-state index >= 15 is 0 Å². The molecule has 0 amide bonds. The van der Waals surface area contributed by atoms with Gasteiger partial charge < -0.3 is 4.42 Å². The van der Waals surface area contributed by atoms with Crippen LogP contribution in [0.5, 0.6) is 0 Å². The third kappa shape index (κ3) is 3.79. The smallest absolute Gasteiger partial charge is 0.135 e. The van der Waals surface area contributed by atoms with E-state index in [0.717, 1.165) is 0 Å². The Bertz CT molecular complexity index is 3490. The zero-order valence-electron chi connectivity index (χ0n) is 40.9. The monoisotopic (exact) mass is 565 g/mol. The minimum atomic E-state index is -0.860. The molecular weight excluding hydrogens is 520 g/mol. The van der Waals surface area contributed by atoms with Crippen LogP contribution in [0.25, 0.3) is 87.6 Å². The second-order valence-corrected chi connectivity index (χ2v) is 9.81. The lowest BCUT2D eigenvalue weighted by molar-refractivity contribution is 0.669. The number of hydrogen-bond donors (Lipinski definition) is 0. The van der Waals surface area contributed by atoms with Crippen molar-refractivity contribution in [1.82, 2.24) is 0 Å². The Morgan fingerprint density at radius 3 is 1.74 bits per heavy atom. The molecule has 0 unspecified atom stereocenters. The Morgan fingerprint density at radius 2 is 1.00 bits per heavy atom. The molecular formula is C42H26O. The molecule has 0 aliphatic heterocycles.